The molecule has 5 heteroatoms. The minimum Gasteiger partial charge on any atom is -0.337 e. The Morgan fingerprint density at radius 1 is 1.47 bits per heavy atom. The maximum atomic E-state index is 12.5. The number of rotatable bonds is 3. The number of aromatic nitrogens is 2. The normalized spacial score (nSPS) is 28.6. The van der Waals surface area contributed by atoms with Gasteiger partial charge in [-0.05, 0) is 31.7 Å². The van der Waals surface area contributed by atoms with Gasteiger partial charge in [0.05, 0.1) is 0 Å². The molecule has 3 rings (SSSR count). The number of hydrogen-bond acceptors (Lipinski definition) is 3. The lowest BCUT2D eigenvalue weighted by Gasteiger charge is -2.35. The first-order valence-corrected chi connectivity index (χ1v) is 7.07. The van der Waals surface area contributed by atoms with Crippen LogP contribution in [0.3, 0.4) is 0 Å². The Labute approximate surface area is 114 Å². The lowest BCUT2D eigenvalue weighted by atomic mass is 9.85. The molecule has 0 radical (unpaired) electrons. The van der Waals surface area contributed by atoms with Crippen LogP contribution in [0.1, 0.15) is 20.3 Å². The fourth-order valence-electron chi connectivity index (χ4n) is 3.62. The molecule has 5 nitrogen and oxygen atoms in total. The summed E-state index contributed by atoms with van der Waals surface area (Å²) in [5, 5.41) is 7.59. The summed E-state index contributed by atoms with van der Waals surface area (Å²) in [5.41, 5.74) is -0.0185. The number of nitrogens with zero attached hydrogens (tertiary/aromatic N) is 3. The van der Waals surface area contributed by atoms with Gasteiger partial charge in [0.15, 0.2) is 0 Å². The van der Waals surface area contributed by atoms with Gasteiger partial charge in [0.2, 0.25) is 5.91 Å². The topological polar surface area (TPSA) is 50.2 Å². The molecular weight excluding hydrogens is 240 g/mol. The Balaban J connectivity index is 1.64. The van der Waals surface area contributed by atoms with E-state index in [4.69, 9.17) is 0 Å². The molecule has 2 atom stereocenters. The summed E-state index contributed by atoms with van der Waals surface area (Å²) in [7, 11) is 0. The van der Waals surface area contributed by atoms with E-state index in [0.717, 1.165) is 19.6 Å². The van der Waals surface area contributed by atoms with Gasteiger partial charge in [0.1, 0.15) is 0 Å². The first-order valence-electron chi connectivity index (χ1n) is 7.07. The van der Waals surface area contributed by atoms with Crippen molar-refractivity contribution < 1.29 is 4.79 Å². The van der Waals surface area contributed by atoms with E-state index in [1.807, 2.05) is 16.9 Å². The molecule has 3 heterocycles. The molecule has 0 spiro atoms. The van der Waals surface area contributed by atoms with Crippen LogP contribution in [-0.2, 0) is 11.3 Å². The largest absolute Gasteiger partial charge is 0.337 e. The Morgan fingerprint density at radius 2 is 2.32 bits per heavy atom. The third-order valence-electron chi connectivity index (χ3n) is 4.77. The summed E-state index contributed by atoms with van der Waals surface area (Å²) in [6.45, 7) is 8.08. The standard InChI is InChI=1S/C14H22N4O/c1-14(2)12-9-15-8-11(12)10-18(14)13(19)4-7-17-6-3-5-16-17/h3,5-6,11-12,15H,4,7-10H2,1-2H3. The smallest absolute Gasteiger partial charge is 0.224 e. The van der Waals surface area contributed by atoms with Crippen molar-refractivity contribution in [1.29, 1.82) is 0 Å². The number of hydrogen-bond donors (Lipinski definition) is 1. The van der Waals surface area contributed by atoms with Crippen LogP contribution < -0.4 is 5.32 Å². The van der Waals surface area contributed by atoms with Crippen molar-refractivity contribution in [2.75, 3.05) is 19.6 Å². The zero-order chi connectivity index (χ0) is 13.5. The molecule has 0 bridgehead atoms. The van der Waals surface area contributed by atoms with Gasteiger partial charge in [0, 0.05) is 50.5 Å². The van der Waals surface area contributed by atoms with Crippen LogP contribution in [0.4, 0.5) is 0 Å². The molecule has 0 saturated carbocycles. The average molecular weight is 262 g/mol. The van der Waals surface area contributed by atoms with Gasteiger partial charge in [-0.15, -0.1) is 0 Å². The monoisotopic (exact) mass is 262 g/mol. The molecule has 1 aromatic heterocycles. The SMILES string of the molecule is CC1(C)C2CNCC2CN1C(=O)CCn1cccn1. The van der Waals surface area contributed by atoms with Crippen LogP contribution in [-0.4, -0.2) is 45.8 Å². The maximum Gasteiger partial charge on any atom is 0.224 e. The first-order chi connectivity index (χ1) is 9.09. The molecule has 2 fully saturated rings. The molecule has 2 aliphatic rings. The fraction of sp³-hybridized carbons (Fsp3) is 0.714. The van der Waals surface area contributed by atoms with Gasteiger partial charge in [-0.1, -0.05) is 0 Å². The Morgan fingerprint density at radius 3 is 3.00 bits per heavy atom. The van der Waals surface area contributed by atoms with Crippen LogP contribution >= 0.6 is 0 Å². The molecule has 104 valence electrons. The minimum atomic E-state index is -0.0185. The summed E-state index contributed by atoms with van der Waals surface area (Å²) in [6, 6.07) is 1.89. The van der Waals surface area contributed by atoms with E-state index in [-0.39, 0.29) is 11.4 Å². The van der Waals surface area contributed by atoms with Gasteiger partial charge in [0.25, 0.3) is 0 Å². The zero-order valence-corrected chi connectivity index (χ0v) is 11.7. The zero-order valence-electron chi connectivity index (χ0n) is 11.7. The summed E-state index contributed by atoms with van der Waals surface area (Å²) in [6.07, 6.45) is 4.19. The van der Waals surface area contributed by atoms with Gasteiger partial charge < -0.3 is 10.2 Å². The van der Waals surface area contributed by atoms with Gasteiger partial charge in [-0.2, -0.15) is 5.10 Å². The van der Waals surface area contributed by atoms with E-state index < -0.39 is 0 Å². The van der Waals surface area contributed by atoms with Crippen LogP contribution in [0.2, 0.25) is 0 Å². The summed E-state index contributed by atoms with van der Waals surface area (Å²) in [5.74, 6) is 1.49. The average Bonchev–Trinajstić information content (AvgIpc) is 3.06. The van der Waals surface area contributed by atoms with Crippen molar-refractivity contribution in [1.82, 2.24) is 20.0 Å². The number of nitrogens with one attached hydrogen (secondary N) is 1. The second-order valence-electron chi connectivity index (χ2n) is 6.20. The van der Waals surface area contributed by atoms with Gasteiger partial charge >= 0.3 is 0 Å². The maximum absolute atomic E-state index is 12.5. The fourth-order valence-corrected chi connectivity index (χ4v) is 3.62. The predicted molar refractivity (Wildman–Crippen MR) is 72.5 cm³/mol. The molecule has 2 saturated heterocycles. The van der Waals surface area contributed by atoms with Crippen molar-refractivity contribution in [3.05, 3.63) is 18.5 Å². The molecule has 1 amide bonds. The second kappa shape index (κ2) is 4.63. The molecule has 0 aromatic carbocycles. The quantitative estimate of drug-likeness (QED) is 0.873. The van der Waals surface area contributed by atoms with E-state index in [2.05, 4.69) is 29.2 Å². The molecule has 1 aromatic rings. The van der Waals surface area contributed by atoms with E-state index in [1.54, 1.807) is 6.20 Å². The second-order valence-corrected chi connectivity index (χ2v) is 6.20. The van der Waals surface area contributed by atoms with Crippen LogP contribution in [0.25, 0.3) is 0 Å². The van der Waals surface area contributed by atoms with Gasteiger partial charge in [-0.25, -0.2) is 0 Å². The van der Waals surface area contributed by atoms with Crippen LogP contribution in [0.15, 0.2) is 18.5 Å². The van der Waals surface area contributed by atoms with E-state index in [0.29, 0.717) is 24.8 Å². The molecule has 1 N–H and O–H groups in total. The highest BCUT2D eigenvalue weighted by molar-refractivity contribution is 5.77. The van der Waals surface area contributed by atoms with E-state index in [1.165, 1.54) is 0 Å². The molecule has 2 unspecified atom stereocenters. The minimum absolute atomic E-state index is 0.0185. The van der Waals surface area contributed by atoms with Gasteiger partial charge in [-0.3, -0.25) is 9.48 Å². The van der Waals surface area contributed by atoms with Crippen molar-refractivity contribution in [2.24, 2.45) is 11.8 Å². The highest BCUT2D eigenvalue weighted by Gasteiger charge is 2.50. The molecule has 19 heavy (non-hydrogen) atoms. The molecule has 2 aliphatic heterocycles. The van der Waals surface area contributed by atoms with Crippen molar-refractivity contribution in [3.63, 3.8) is 0 Å². The van der Waals surface area contributed by atoms with Crippen LogP contribution in [0, 0.1) is 11.8 Å². The third kappa shape index (κ3) is 2.16. The number of fused-ring (bicyclic) bond motifs is 1. The Kier molecular flexibility index (Phi) is 3.09. The van der Waals surface area contributed by atoms with Crippen molar-refractivity contribution in [3.8, 4) is 0 Å². The van der Waals surface area contributed by atoms with Crippen LogP contribution in [0.5, 0.6) is 0 Å². The number of carbonyl (C=O) groups excluding carboxylic acids is 1. The number of aryl methyl sites for hydroxylation is 1. The number of likely N-dealkylation sites (tertiary alicyclic amines) is 1. The summed E-state index contributed by atoms with van der Waals surface area (Å²) < 4.78 is 1.82. The lowest BCUT2D eigenvalue weighted by Crippen LogP contribution is -2.47. The van der Waals surface area contributed by atoms with E-state index in [9.17, 15) is 4.79 Å². The first kappa shape index (κ1) is 12.7. The highest BCUT2D eigenvalue weighted by atomic mass is 16.2. The van der Waals surface area contributed by atoms with Crippen molar-refractivity contribution in [2.45, 2.75) is 32.4 Å². The number of amides is 1. The Bertz CT molecular complexity index is 454. The molecular formula is C14H22N4O. The number of carbonyl (C=O) groups is 1. The predicted octanol–water partition coefficient (Wildman–Crippen LogP) is 0.730. The lowest BCUT2D eigenvalue weighted by molar-refractivity contribution is -0.135. The van der Waals surface area contributed by atoms with E-state index >= 15 is 0 Å². The van der Waals surface area contributed by atoms with Crippen molar-refractivity contribution >= 4 is 5.91 Å². The molecule has 0 aliphatic carbocycles. The summed E-state index contributed by atoms with van der Waals surface area (Å²) >= 11 is 0. The third-order valence-corrected chi connectivity index (χ3v) is 4.77. The highest BCUT2D eigenvalue weighted by Crippen LogP contribution is 2.40. The Hall–Kier alpha value is -1.36. The summed E-state index contributed by atoms with van der Waals surface area (Å²) in [4.78, 5) is 14.5.